The lowest BCUT2D eigenvalue weighted by Gasteiger charge is -2.10. The van der Waals surface area contributed by atoms with Gasteiger partial charge < -0.3 is 10.1 Å². The fourth-order valence-corrected chi connectivity index (χ4v) is 1.90. The summed E-state index contributed by atoms with van der Waals surface area (Å²) in [5.74, 6) is 1.42. The number of nitrogens with one attached hydrogen (secondary N) is 1. The smallest absolute Gasteiger partial charge is 0.223 e. The summed E-state index contributed by atoms with van der Waals surface area (Å²) < 4.78 is 5.63. The van der Waals surface area contributed by atoms with E-state index in [-0.39, 0.29) is 0 Å². The van der Waals surface area contributed by atoms with Gasteiger partial charge in [0.2, 0.25) is 5.95 Å². The molecule has 0 spiro atoms. The van der Waals surface area contributed by atoms with Gasteiger partial charge >= 0.3 is 0 Å². The molecule has 1 N–H and O–H groups in total. The van der Waals surface area contributed by atoms with Crippen molar-refractivity contribution in [2.45, 2.75) is 33.6 Å². The molecule has 2 heterocycles. The van der Waals surface area contributed by atoms with Crippen LogP contribution in [-0.4, -0.2) is 28.1 Å². The summed E-state index contributed by atoms with van der Waals surface area (Å²) in [6.07, 6.45) is 7.37. The highest BCUT2D eigenvalue weighted by molar-refractivity contribution is 5.64. The van der Waals surface area contributed by atoms with E-state index < -0.39 is 0 Å². The zero-order chi connectivity index (χ0) is 15.1. The maximum atomic E-state index is 5.63. The van der Waals surface area contributed by atoms with Gasteiger partial charge in [0, 0.05) is 24.5 Å². The summed E-state index contributed by atoms with van der Waals surface area (Å²) in [6, 6.07) is 1.97. The number of hydrogen-bond donors (Lipinski definition) is 1. The van der Waals surface area contributed by atoms with Crippen molar-refractivity contribution >= 4 is 5.95 Å². The van der Waals surface area contributed by atoms with Gasteiger partial charge in [0.15, 0.2) is 0 Å². The Morgan fingerprint density at radius 2 is 2.00 bits per heavy atom. The van der Waals surface area contributed by atoms with Crippen LogP contribution in [0.25, 0.3) is 11.3 Å². The van der Waals surface area contributed by atoms with Crippen molar-refractivity contribution in [1.82, 2.24) is 15.0 Å². The van der Waals surface area contributed by atoms with Crippen LogP contribution in [0.15, 0.2) is 24.7 Å². The van der Waals surface area contributed by atoms with Crippen LogP contribution in [0.5, 0.6) is 5.75 Å². The van der Waals surface area contributed by atoms with Gasteiger partial charge in [-0.05, 0) is 31.4 Å². The minimum atomic E-state index is 0.650. The van der Waals surface area contributed by atoms with Gasteiger partial charge in [0.05, 0.1) is 18.5 Å². The van der Waals surface area contributed by atoms with E-state index in [1.165, 1.54) is 0 Å². The topological polar surface area (TPSA) is 59.9 Å². The van der Waals surface area contributed by atoms with Crippen molar-refractivity contribution in [3.8, 4) is 17.0 Å². The fourth-order valence-electron chi connectivity index (χ4n) is 1.90. The largest absolute Gasteiger partial charge is 0.492 e. The molecule has 2 rings (SSSR count). The summed E-state index contributed by atoms with van der Waals surface area (Å²) in [7, 11) is 0. The molecular formula is C16H22N4O. The van der Waals surface area contributed by atoms with E-state index in [0.29, 0.717) is 12.6 Å². The number of anilines is 1. The molecule has 0 aliphatic carbocycles. The van der Waals surface area contributed by atoms with E-state index >= 15 is 0 Å². The van der Waals surface area contributed by atoms with E-state index in [9.17, 15) is 0 Å². The molecule has 0 saturated heterocycles. The second kappa shape index (κ2) is 7.57. The van der Waals surface area contributed by atoms with Crippen molar-refractivity contribution in [3.05, 3.63) is 30.2 Å². The number of ether oxygens (including phenoxy) is 1. The van der Waals surface area contributed by atoms with Crippen LogP contribution in [-0.2, 0) is 0 Å². The summed E-state index contributed by atoms with van der Waals surface area (Å²) in [5, 5.41) is 3.21. The Morgan fingerprint density at radius 3 is 2.76 bits per heavy atom. The molecule has 5 nitrogen and oxygen atoms in total. The van der Waals surface area contributed by atoms with Crippen molar-refractivity contribution in [2.75, 3.05) is 18.5 Å². The van der Waals surface area contributed by atoms with Crippen molar-refractivity contribution in [2.24, 2.45) is 0 Å². The maximum Gasteiger partial charge on any atom is 0.223 e. The van der Waals surface area contributed by atoms with Gasteiger partial charge in [-0.2, -0.15) is 0 Å². The molecule has 0 bridgehead atoms. The summed E-state index contributed by atoms with van der Waals surface area (Å²) in [4.78, 5) is 13.1. The molecule has 0 saturated carbocycles. The summed E-state index contributed by atoms with van der Waals surface area (Å²) in [5.41, 5.74) is 2.85. The summed E-state index contributed by atoms with van der Waals surface area (Å²) in [6.45, 7) is 7.74. The van der Waals surface area contributed by atoms with Gasteiger partial charge in [0.1, 0.15) is 5.75 Å². The third-order valence-corrected chi connectivity index (χ3v) is 2.96. The monoisotopic (exact) mass is 286 g/mol. The highest BCUT2D eigenvalue weighted by Crippen LogP contribution is 2.24. The van der Waals surface area contributed by atoms with Crippen molar-refractivity contribution in [1.29, 1.82) is 0 Å². The average Bonchev–Trinajstić information content (AvgIpc) is 2.52. The molecule has 0 amide bonds. The quantitative estimate of drug-likeness (QED) is 0.844. The predicted octanol–water partition coefficient (Wildman–Crippen LogP) is 3.46. The molecule has 112 valence electrons. The second-order valence-electron chi connectivity index (χ2n) is 4.91. The van der Waals surface area contributed by atoms with E-state index in [0.717, 1.165) is 42.0 Å². The van der Waals surface area contributed by atoms with Crippen LogP contribution in [0.2, 0.25) is 0 Å². The van der Waals surface area contributed by atoms with Crippen LogP contribution >= 0.6 is 0 Å². The minimum Gasteiger partial charge on any atom is -0.492 e. The number of pyridine rings is 1. The number of nitrogens with zero attached hydrogens (tertiary/aromatic N) is 3. The highest BCUT2D eigenvalue weighted by atomic mass is 16.5. The van der Waals surface area contributed by atoms with Crippen LogP contribution in [0.3, 0.4) is 0 Å². The number of rotatable bonds is 7. The average molecular weight is 286 g/mol. The first-order valence-electron chi connectivity index (χ1n) is 7.40. The lowest BCUT2D eigenvalue weighted by molar-refractivity contribution is 0.316. The third-order valence-electron chi connectivity index (χ3n) is 2.96. The molecule has 0 unspecified atom stereocenters. The van der Waals surface area contributed by atoms with Gasteiger partial charge in [-0.1, -0.05) is 13.8 Å². The number of aryl methyl sites for hydroxylation is 1. The van der Waals surface area contributed by atoms with E-state index in [4.69, 9.17) is 4.74 Å². The molecule has 2 aromatic heterocycles. The first-order chi connectivity index (χ1) is 10.2. The maximum absolute atomic E-state index is 5.63. The predicted molar refractivity (Wildman–Crippen MR) is 84.6 cm³/mol. The Hall–Kier alpha value is -2.17. The Labute approximate surface area is 125 Å². The zero-order valence-electron chi connectivity index (χ0n) is 12.9. The fraction of sp³-hybridized carbons (Fsp3) is 0.438. The highest BCUT2D eigenvalue weighted by Gasteiger charge is 2.08. The second-order valence-corrected chi connectivity index (χ2v) is 4.91. The normalized spacial score (nSPS) is 10.4. The van der Waals surface area contributed by atoms with Gasteiger partial charge in [0.25, 0.3) is 0 Å². The number of aromatic nitrogens is 3. The van der Waals surface area contributed by atoms with Gasteiger partial charge in [-0.15, -0.1) is 0 Å². The molecule has 0 aromatic carbocycles. The lowest BCUT2D eigenvalue weighted by atomic mass is 10.1. The molecule has 2 aromatic rings. The van der Waals surface area contributed by atoms with Crippen LogP contribution < -0.4 is 10.1 Å². The molecule has 0 radical (unpaired) electrons. The molecular weight excluding hydrogens is 264 g/mol. The Bertz CT molecular complexity index is 586. The molecule has 0 aliphatic heterocycles. The van der Waals surface area contributed by atoms with Crippen LogP contribution in [0, 0.1) is 6.92 Å². The molecule has 0 fully saturated rings. The van der Waals surface area contributed by atoms with E-state index in [1.807, 2.05) is 19.2 Å². The number of hydrogen-bond acceptors (Lipinski definition) is 5. The Morgan fingerprint density at radius 1 is 1.14 bits per heavy atom. The first kappa shape index (κ1) is 15.2. The van der Waals surface area contributed by atoms with Crippen LogP contribution in [0.1, 0.15) is 32.3 Å². The van der Waals surface area contributed by atoms with Crippen molar-refractivity contribution in [3.63, 3.8) is 0 Å². The van der Waals surface area contributed by atoms with E-state index in [1.54, 1.807) is 12.4 Å². The van der Waals surface area contributed by atoms with Gasteiger partial charge in [-0.25, -0.2) is 9.97 Å². The molecule has 21 heavy (non-hydrogen) atoms. The van der Waals surface area contributed by atoms with Crippen LogP contribution in [0.4, 0.5) is 5.95 Å². The third kappa shape index (κ3) is 4.15. The van der Waals surface area contributed by atoms with E-state index in [2.05, 4.69) is 34.1 Å². The Kier molecular flexibility index (Phi) is 5.49. The van der Waals surface area contributed by atoms with Crippen molar-refractivity contribution < 1.29 is 4.74 Å². The standard InChI is InChI=1S/C16H22N4O/c1-4-6-18-16-19-9-12(3)15(20-16)13-8-14(11-17-10-13)21-7-5-2/h8-11H,4-7H2,1-3H3,(H,18,19,20). The molecule has 0 aliphatic rings. The SMILES string of the molecule is CCCNc1ncc(C)c(-c2cncc(OCCC)c2)n1. The van der Waals surface area contributed by atoms with Gasteiger partial charge in [-0.3, -0.25) is 4.98 Å². The Balaban J connectivity index is 2.27. The molecule has 5 heteroatoms. The zero-order valence-corrected chi connectivity index (χ0v) is 12.9. The first-order valence-corrected chi connectivity index (χ1v) is 7.40. The summed E-state index contributed by atoms with van der Waals surface area (Å²) >= 11 is 0. The lowest BCUT2D eigenvalue weighted by Crippen LogP contribution is -2.05. The molecule has 0 atom stereocenters. The minimum absolute atomic E-state index is 0.650.